The van der Waals surface area contributed by atoms with Crippen LogP contribution in [0.3, 0.4) is 0 Å². The number of halogens is 2. The second-order valence-corrected chi connectivity index (χ2v) is 17.6. The van der Waals surface area contributed by atoms with Crippen LogP contribution >= 0.6 is 0 Å². The number of imide groups is 1. The molecule has 65 heavy (non-hydrogen) atoms. The summed E-state index contributed by atoms with van der Waals surface area (Å²) in [5.74, 6) is 5.58. The lowest BCUT2D eigenvalue weighted by Gasteiger charge is -2.39. The maximum atomic E-state index is 14.4. The van der Waals surface area contributed by atoms with Crippen LogP contribution in [0, 0.1) is 29.1 Å². The number of likely N-dealkylation sites (tertiary alicyclic amines) is 1. The van der Waals surface area contributed by atoms with Crippen molar-refractivity contribution in [1.29, 1.82) is 5.26 Å². The second-order valence-electron chi connectivity index (χ2n) is 17.6. The number of aryl methyl sites for hydroxylation is 1. The molecule has 10 rings (SSSR count). The molecule has 5 fully saturated rings. The van der Waals surface area contributed by atoms with Crippen LogP contribution in [0.4, 0.5) is 20.3 Å². The minimum Gasteiger partial charge on any atom is -0.374 e. The summed E-state index contributed by atoms with van der Waals surface area (Å²) in [4.78, 5) is 60.3. The number of morpholine rings is 1. The summed E-state index contributed by atoms with van der Waals surface area (Å²) in [6.07, 6.45) is 7.33. The number of carbonyl (C=O) groups excluding carboxylic acids is 3. The molecule has 0 radical (unpaired) electrons. The van der Waals surface area contributed by atoms with Crippen molar-refractivity contribution in [2.75, 3.05) is 43.1 Å². The summed E-state index contributed by atoms with van der Waals surface area (Å²) in [7, 11) is 1.64. The smallest absolute Gasteiger partial charge is 0.329 e. The monoisotopic (exact) mass is 890 g/mol. The quantitative estimate of drug-likeness (QED) is 0.152. The number of carbonyl (C=O) groups is 3. The number of anilines is 2. The Bertz CT molecular complexity index is 2830. The number of nitrogens with one attached hydrogen (secondary N) is 2. The summed E-state index contributed by atoms with van der Waals surface area (Å²) in [6, 6.07) is 8.73. The molecule has 4 aliphatic heterocycles. The molecule has 2 bridgehead atoms. The van der Waals surface area contributed by atoms with Crippen molar-refractivity contribution in [1.82, 2.24) is 43.7 Å². The summed E-state index contributed by atoms with van der Waals surface area (Å²) in [5, 5.41) is 23.9. The van der Waals surface area contributed by atoms with Gasteiger partial charge in [-0.3, -0.25) is 38.4 Å². The molecule has 5 aromatic rings. The van der Waals surface area contributed by atoms with Crippen molar-refractivity contribution < 1.29 is 32.6 Å². The topological polar surface area (TPSA) is 199 Å². The van der Waals surface area contributed by atoms with Crippen molar-refractivity contribution >= 4 is 45.9 Å². The van der Waals surface area contributed by atoms with E-state index in [0.717, 1.165) is 32.1 Å². The van der Waals surface area contributed by atoms with Gasteiger partial charge in [0.15, 0.2) is 11.3 Å². The number of nitriles is 1. The average molecular weight is 891 g/mol. The van der Waals surface area contributed by atoms with Crippen molar-refractivity contribution in [3.8, 4) is 17.9 Å². The van der Waals surface area contributed by atoms with Crippen molar-refractivity contribution in [3.05, 3.63) is 70.2 Å². The Kier molecular flexibility index (Phi) is 11.4. The van der Waals surface area contributed by atoms with E-state index in [1.54, 1.807) is 25.4 Å². The Labute approximate surface area is 371 Å². The van der Waals surface area contributed by atoms with E-state index in [-0.39, 0.29) is 78.5 Å². The largest absolute Gasteiger partial charge is 0.374 e. The van der Waals surface area contributed by atoms with Gasteiger partial charge in [-0.05, 0) is 75.5 Å². The van der Waals surface area contributed by atoms with Crippen LogP contribution in [0.5, 0.6) is 0 Å². The Morgan fingerprint density at radius 1 is 1.08 bits per heavy atom. The zero-order valence-corrected chi connectivity index (χ0v) is 35.7. The Hall–Kier alpha value is -6.48. The van der Waals surface area contributed by atoms with Crippen LogP contribution in [-0.2, 0) is 26.1 Å². The molecule has 3 amide bonds. The van der Waals surface area contributed by atoms with Gasteiger partial charge < -0.3 is 19.7 Å². The highest BCUT2D eigenvalue weighted by molar-refractivity contribution is 6.08. The standard InChI is InChI=1S/C45H48F2N12O6/c1-54-40-27(4-2-6-34(40)59(45(54)63)35-11-12-38(60)52-44(35)62)5-3-19-64-30-13-16-55(17-14-30)36(21-48)26-7-9-28(10-8-26)58-24-33(39(53-58)41(46)47)50-43(61)32-22-49-57-18-15-37(51-42(32)57)56-23-31-20-29(56)25-65-31/h2,4,6,15,18,22,24,26,28-31,35-36,41H,7-14,16-17,19-20,23,25H2,1H3,(H,50,61)(H,52,60,62)/t26?,28?,29-,31-,35?,36?/m1/s1. The molecular formula is C45H48F2N12O6. The van der Waals surface area contributed by atoms with Gasteiger partial charge in [0.05, 0.1) is 65.4 Å². The van der Waals surface area contributed by atoms with Crippen LogP contribution < -0.4 is 21.2 Å². The number of hydrogen-bond acceptors (Lipinski definition) is 12. The third-order valence-corrected chi connectivity index (χ3v) is 13.8. The number of benzene rings is 1. The number of hydrogen-bond donors (Lipinski definition) is 2. The Morgan fingerprint density at radius 2 is 1.89 bits per heavy atom. The Morgan fingerprint density at radius 3 is 2.62 bits per heavy atom. The van der Waals surface area contributed by atoms with Crippen LogP contribution in [-0.4, -0.2) is 113 Å². The predicted octanol–water partition coefficient (Wildman–Crippen LogP) is 3.88. The normalized spacial score (nSPS) is 24.4. The number of imidazole rings is 1. The zero-order chi connectivity index (χ0) is 44.9. The van der Waals surface area contributed by atoms with Crippen LogP contribution in [0.1, 0.15) is 97.9 Å². The minimum absolute atomic E-state index is 0.0370. The van der Waals surface area contributed by atoms with Gasteiger partial charge in [0.2, 0.25) is 11.8 Å². The van der Waals surface area contributed by atoms with Crippen LogP contribution in [0.25, 0.3) is 16.7 Å². The number of para-hydroxylation sites is 1. The van der Waals surface area contributed by atoms with E-state index in [2.05, 4.69) is 48.5 Å². The molecule has 2 N–H and O–H groups in total. The first kappa shape index (κ1) is 42.5. The van der Waals surface area contributed by atoms with Gasteiger partial charge in [-0.2, -0.15) is 15.5 Å². The number of alkyl halides is 2. The van der Waals surface area contributed by atoms with Crippen molar-refractivity contribution in [2.45, 2.75) is 101 Å². The maximum absolute atomic E-state index is 14.4. The first-order valence-corrected chi connectivity index (χ1v) is 22.2. The van der Waals surface area contributed by atoms with Gasteiger partial charge in [0.25, 0.3) is 12.3 Å². The van der Waals surface area contributed by atoms with Crippen LogP contribution in [0.2, 0.25) is 0 Å². The molecule has 18 nitrogen and oxygen atoms in total. The second kappa shape index (κ2) is 17.5. The molecule has 2 unspecified atom stereocenters. The van der Waals surface area contributed by atoms with E-state index in [0.29, 0.717) is 67.1 Å². The molecule has 4 aromatic heterocycles. The summed E-state index contributed by atoms with van der Waals surface area (Å²) in [6.45, 7) is 2.89. The van der Waals surface area contributed by atoms with E-state index in [1.807, 2.05) is 12.1 Å². The van der Waals surface area contributed by atoms with Gasteiger partial charge in [-0.1, -0.05) is 17.9 Å². The maximum Gasteiger partial charge on any atom is 0.329 e. The fourth-order valence-corrected chi connectivity index (χ4v) is 10.4. The van der Waals surface area contributed by atoms with Gasteiger partial charge in [0, 0.05) is 45.5 Å². The van der Waals surface area contributed by atoms with Gasteiger partial charge in [0.1, 0.15) is 30.1 Å². The number of amides is 3. The molecule has 8 heterocycles. The fourth-order valence-electron chi connectivity index (χ4n) is 10.4. The van der Waals surface area contributed by atoms with E-state index < -0.39 is 30.0 Å². The molecule has 338 valence electrons. The van der Waals surface area contributed by atoms with Crippen LogP contribution in [0.15, 0.2) is 47.7 Å². The van der Waals surface area contributed by atoms with Crippen molar-refractivity contribution in [3.63, 3.8) is 0 Å². The number of nitrogens with zero attached hydrogens (tertiary/aromatic N) is 10. The number of rotatable bonds is 10. The molecule has 1 saturated carbocycles. The van der Waals surface area contributed by atoms with Gasteiger partial charge >= 0.3 is 5.69 Å². The molecule has 20 heteroatoms. The SMILES string of the molecule is Cn1c(=O)n(C2CCC(=O)NC2=O)c2cccc(C#CCOC3CCN(C(C#N)C4CCC(n5cc(NC(=O)c6cnn7ccc(N8C[C@H]9C[C@@H]8CO9)nc67)c(C(F)F)n5)CC4)CC3)c21. The van der Waals surface area contributed by atoms with E-state index >= 15 is 0 Å². The predicted molar refractivity (Wildman–Crippen MR) is 230 cm³/mol. The lowest BCUT2D eigenvalue weighted by molar-refractivity contribution is -0.135. The number of piperidine rings is 2. The zero-order valence-electron chi connectivity index (χ0n) is 35.7. The molecule has 5 aliphatic rings. The average Bonchev–Trinajstić information content (AvgIpc) is 4.16. The Balaban J connectivity index is 0.724. The number of fused-ring (bicyclic) bond motifs is 4. The number of ether oxygens (including phenoxy) is 2. The lowest BCUT2D eigenvalue weighted by atomic mass is 9.81. The minimum atomic E-state index is -2.91. The highest BCUT2D eigenvalue weighted by atomic mass is 19.3. The molecule has 4 atom stereocenters. The molecule has 1 aliphatic carbocycles. The van der Waals surface area contributed by atoms with Crippen molar-refractivity contribution in [2.24, 2.45) is 13.0 Å². The lowest BCUT2D eigenvalue weighted by Crippen LogP contribution is -2.46. The van der Waals surface area contributed by atoms with E-state index in [1.165, 1.54) is 30.7 Å². The third-order valence-electron chi connectivity index (χ3n) is 13.8. The number of aromatic nitrogens is 7. The molecule has 1 aromatic carbocycles. The summed E-state index contributed by atoms with van der Waals surface area (Å²) in [5.41, 5.74) is 1.35. The molecule has 0 spiro atoms. The molecule has 4 saturated heterocycles. The van der Waals surface area contributed by atoms with E-state index in [4.69, 9.17) is 14.5 Å². The first-order valence-electron chi connectivity index (χ1n) is 22.2. The van der Waals surface area contributed by atoms with Gasteiger partial charge in [-0.25, -0.2) is 23.1 Å². The summed E-state index contributed by atoms with van der Waals surface area (Å²) < 4.78 is 46.5. The molecular weight excluding hydrogens is 843 g/mol. The van der Waals surface area contributed by atoms with E-state index in [9.17, 15) is 33.2 Å². The first-order chi connectivity index (χ1) is 31.5. The fraction of sp³-hybridized carbons (Fsp3) is 0.511. The highest BCUT2D eigenvalue weighted by Gasteiger charge is 2.40. The third kappa shape index (κ3) is 8.04. The highest BCUT2D eigenvalue weighted by Crippen LogP contribution is 2.38. The summed E-state index contributed by atoms with van der Waals surface area (Å²) >= 11 is 0. The van der Waals surface area contributed by atoms with Gasteiger partial charge in [-0.15, -0.1) is 0 Å².